The fraction of sp³-hybridized carbons (Fsp3) is 0.294. The van der Waals surface area contributed by atoms with Crippen LogP contribution in [0.15, 0.2) is 33.8 Å². The second kappa shape index (κ2) is 8.37. The van der Waals surface area contributed by atoms with Crippen molar-refractivity contribution in [2.45, 2.75) is 24.0 Å². The molecule has 0 aliphatic carbocycles. The molecule has 1 atom stereocenters. The molecule has 162 valence electrons. The van der Waals surface area contributed by atoms with Crippen LogP contribution in [0.2, 0.25) is 0 Å². The van der Waals surface area contributed by atoms with Gasteiger partial charge in [-0.15, -0.1) is 0 Å². The summed E-state index contributed by atoms with van der Waals surface area (Å²) in [6.07, 6.45) is -3.79. The number of halogens is 5. The lowest BCUT2D eigenvalue weighted by Crippen LogP contribution is -2.44. The second-order valence-electron chi connectivity index (χ2n) is 6.27. The first kappa shape index (κ1) is 23.8. The molecule has 2 rings (SSSR count). The van der Waals surface area contributed by atoms with Gasteiger partial charge in [-0.3, -0.25) is 4.79 Å². The molecule has 2 aromatic rings. The molecule has 0 bridgehead atoms. The van der Waals surface area contributed by atoms with E-state index in [2.05, 4.69) is 21.2 Å². The van der Waals surface area contributed by atoms with Crippen molar-refractivity contribution >= 4 is 37.5 Å². The van der Waals surface area contributed by atoms with Crippen molar-refractivity contribution in [1.82, 2.24) is 8.87 Å². The Kier molecular flexibility index (Phi) is 6.65. The Hall–Kier alpha value is -2.43. The number of hydrogen-bond acceptors (Lipinski definition) is 4. The van der Waals surface area contributed by atoms with E-state index < -0.39 is 38.9 Å². The molecule has 1 amide bonds. The molecule has 1 heterocycles. The number of nitriles is 1. The molecule has 0 saturated heterocycles. The highest BCUT2D eigenvalue weighted by molar-refractivity contribution is 9.10. The van der Waals surface area contributed by atoms with Crippen molar-refractivity contribution in [3.63, 3.8) is 0 Å². The topological polar surface area (TPSA) is 95.2 Å². The number of hydrogen-bond donors (Lipinski definition) is 1. The van der Waals surface area contributed by atoms with Gasteiger partial charge in [-0.05, 0) is 41.1 Å². The summed E-state index contributed by atoms with van der Waals surface area (Å²) in [5.41, 5.74) is -0.451. The highest BCUT2D eigenvalue weighted by Crippen LogP contribution is 2.33. The van der Waals surface area contributed by atoms with E-state index in [9.17, 15) is 30.8 Å². The molecule has 7 nitrogen and oxygen atoms in total. The van der Waals surface area contributed by atoms with Crippen LogP contribution in [0, 0.1) is 17.1 Å². The van der Waals surface area contributed by atoms with Gasteiger partial charge in [0.15, 0.2) is 0 Å². The SMILES string of the molecule is C[C@@H](N(C)S(=O)(=O)c1cn(C)c(C(=O)Nc2ccc(F)c(C#N)c2)c1Br)C(F)(F)F. The van der Waals surface area contributed by atoms with Crippen LogP contribution in [0.1, 0.15) is 23.0 Å². The summed E-state index contributed by atoms with van der Waals surface area (Å²) in [5.74, 6) is -1.61. The predicted molar refractivity (Wildman–Crippen MR) is 103 cm³/mol. The van der Waals surface area contributed by atoms with Crippen molar-refractivity contribution in [2.75, 3.05) is 12.4 Å². The zero-order valence-electron chi connectivity index (χ0n) is 15.8. The van der Waals surface area contributed by atoms with Crippen LogP contribution < -0.4 is 5.32 Å². The quantitative estimate of drug-likeness (QED) is 0.621. The molecule has 1 aromatic carbocycles. The summed E-state index contributed by atoms with van der Waals surface area (Å²) in [5, 5.41) is 11.3. The summed E-state index contributed by atoms with van der Waals surface area (Å²) < 4.78 is 78.7. The highest BCUT2D eigenvalue weighted by Gasteiger charge is 2.44. The maximum Gasteiger partial charge on any atom is 0.404 e. The van der Waals surface area contributed by atoms with Crippen molar-refractivity contribution in [2.24, 2.45) is 7.05 Å². The molecule has 0 fully saturated rings. The van der Waals surface area contributed by atoms with E-state index in [4.69, 9.17) is 5.26 Å². The van der Waals surface area contributed by atoms with Gasteiger partial charge in [0.05, 0.1) is 10.0 Å². The number of amides is 1. The summed E-state index contributed by atoms with van der Waals surface area (Å²) in [6.45, 7) is 0.698. The summed E-state index contributed by atoms with van der Waals surface area (Å²) in [7, 11) is -2.49. The molecular formula is C17H15BrF4N4O3S. The van der Waals surface area contributed by atoms with E-state index >= 15 is 0 Å². The Morgan fingerprint density at radius 2 is 1.97 bits per heavy atom. The third-order valence-corrected chi connectivity index (χ3v) is 7.33. The average molecular weight is 511 g/mol. The largest absolute Gasteiger partial charge is 0.404 e. The maximum absolute atomic E-state index is 13.4. The monoisotopic (exact) mass is 510 g/mol. The van der Waals surface area contributed by atoms with Crippen LogP contribution in [0.3, 0.4) is 0 Å². The van der Waals surface area contributed by atoms with Gasteiger partial charge in [-0.1, -0.05) is 0 Å². The predicted octanol–water partition coefficient (Wildman–Crippen LogP) is 3.62. The van der Waals surface area contributed by atoms with E-state index in [0.29, 0.717) is 6.92 Å². The third-order valence-electron chi connectivity index (χ3n) is 4.32. The standard InChI is InChI=1S/C17H15BrF4N4O3S/c1-9(17(20,21)22)26(3)30(28,29)13-8-25(2)15(14(13)18)16(27)24-11-4-5-12(19)10(6-11)7-23/h4-6,8-9H,1-3H3,(H,24,27)/t9-/m1/s1. The van der Waals surface area contributed by atoms with E-state index in [1.807, 2.05) is 0 Å². The molecule has 1 N–H and O–H groups in total. The Morgan fingerprint density at radius 3 is 2.50 bits per heavy atom. The lowest BCUT2D eigenvalue weighted by atomic mass is 10.2. The van der Waals surface area contributed by atoms with Crippen LogP contribution in [0.5, 0.6) is 0 Å². The van der Waals surface area contributed by atoms with Gasteiger partial charge in [-0.2, -0.15) is 22.7 Å². The van der Waals surface area contributed by atoms with Crippen molar-refractivity contribution in [3.8, 4) is 6.07 Å². The highest BCUT2D eigenvalue weighted by atomic mass is 79.9. The smallest absolute Gasteiger partial charge is 0.344 e. The van der Waals surface area contributed by atoms with Crippen LogP contribution >= 0.6 is 15.9 Å². The zero-order chi connectivity index (χ0) is 23.0. The molecule has 0 aliphatic rings. The number of anilines is 1. The minimum absolute atomic E-state index is 0.0678. The van der Waals surface area contributed by atoms with E-state index in [1.54, 1.807) is 6.07 Å². The van der Waals surface area contributed by atoms with Gasteiger partial charge in [0, 0.05) is 26.0 Å². The number of nitrogens with zero attached hydrogens (tertiary/aromatic N) is 3. The van der Waals surface area contributed by atoms with Crippen molar-refractivity contribution < 1.29 is 30.8 Å². The molecule has 0 radical (unpaired) electrons. The minimum Gasteiger partial charge on any atom is -0.344 e. The summed E-state index contributed by atoms with van der Waals surface area (Å²) in [4.78, 5) is 12.1. The van der Waals surface area contributed by atoms with Crippen LogP contribution in [0.25, 0.3) is 0 Å². The third kappa shape index (κ3) is 4.50. The van der Waals surface area contributed by atoms with Crippen molar-refractivity contribution in [1.29, 1.82) is 5.26 Å². The Labute approximate surface area is 178 Å². The van der Waals surface area contributed by atoms with E-state index in [-0.39, 0.29) is 25.7 Å². The van der Waals surface area contributed by atoms with Gasteiger partial charge in [0.2, 0.25) is 10.0 Å². The first-order valence-corrected chi connectivity index (χ1v) is 10.4. The van der Waals surface area contributed by atoms with Gasteiger partial charge in [0.1, 0.15) is 28.5 Å². The summed E-state index contributed by atoms with van der Waals surface area (Å²) >= 11 is 2.98. The Bertz CT molecular complexity index is 1140. The minimum atomic E-state index is -4.79. The molecule has 13 heteroatoms. The van der Waals surface area contributed by atoms with E-state index in [0.717, 1.165) is 29.9 Å². The van der Waals surface area contributed by atoms with Crippen molar-refractivity contribution in [3.05, 3.63) is 45.9 Å². The lowest BCUT2D eigenvalue weighted by molar-refractivity contribution is -0.164. The van der Waals surface area contributed by atoms with Crippen LogP contribution in [-0.4, -0.2) is 42.5 Å². The number of aryl methyl sites for hydroxylation is 1. The first-order chi connectivity index (χ1) is 13.7. The number of carbonyl (C=O) groups excluding carboxylic acids is 1. The first-order valence-electron chi connectivity index (χ1n) is 8.12. The fourth-order valence-electron chi connectivity index (χ4n) is 2.46. The number of alkyl halides is 3. The van der Waals surface area contributed by atoms with Gasteiger partial charge in [-0.25, -0.2) is 12.8 Å². The molecule has 1 aromatic heterocycles. The average Bonchev–Trinajstić information content (AvgIpc) is 2.96. The number of nitrogens with one attached hydrogen (secondary N) is 1. The zero-order valence-corrected chi connectivity index (χ0v) is 18.2. The normalized spacial score (nSPS) is 13.2. The Balaban J connectivity index is 2.42. The summed E-state index contributed by atoms with van der Waals surface area (Å²) in [6, 6.07) is 2.57. The molecule has 30 heavy (non-hydrogen) atoms. The molecule has 0 spiro atoms. The number of rotatable bonds is 5. The van der Waals surface area contributed by atoms with Gasteiger partial charge >= 0.3 is 6.18 Å². The van der Waals surface area contributed by atoms with Gasteiger partial charge < -0.3 is 9.88 Å². The molecule has 0 unspecified atom stereocenters. The molecule has 0 aliphatic heterocycles. The Morgan fingerprint density at radius 1 is 1.37 bits per heavy atom. The van der Waals surface area contributed by atoms with Crippen LogP contribution in [0.4, 0.5) is 23.2 Å². The van der Waals surface area contributed by atoms with Crippen LogP contribution in [-0.2, 0) is 17.1 Å². The van der Waals surface area contributed by atoms with Gasteiger partial charge in [0.25, 0.3) is 5.91 Å². The molecular weight excluding hydrogens is 496 g/mol. The second-order valence-corrected chi connectivity index (χ2v) is 9.03. The number of benzene rings is 1. The van der Waals surface area contributed by atoms with E-state index in [1.165, 1.54) is 13.1 Å². The fourth-order valence-corrected chi connectivity index (χ4v) is 5.09. The maximum atomic E-state index is 13.4. The number of carbonyl (C=O) groups is 1. The number of aromatic nitrogens is 1. The lowest BCUT2D eigenvalue weighted by Gasteiger charge is -2.25. The number of sulfonamides is 1. The molecule has 0 saturated carbocycles.